The number of carbonyl (C=O) groups excluding carboxylic acids is 3. The summed E-state index contributed by atoms with van der Waals surface area (Å²) in [5.41, 5.74) is 5.50. The number of aryl methyl sites for hydroxylation is 1. The SMILES string of the molecule is CCCCCCCCCCCCCC(=O)Nc1ccc(Cl)c(N=C2NN(c3c(Cl)cc(Cl)cc3Cl)C(=O)C2Sc2ccccc2NC(=O)C(Oc2ccc(C)cc2Cl)C(C)C)c1. The minimum atomic E-state index is -1.00. The van der Waals surface area contributed by atoms with Crippen molar-refractivity contribution in [1.29, 1.82) is 0 Å². The van der Waals surface area contributed by atoms with E-state index in [1.54, 1.807) is 54.6 Å². The minimum Gasteiger partial charge on any atom is -0.479 e. The van der Waals surface area contributed by atoms with E-state index in [1.807, 2.05) is 26.8 Å². The summed E-state index contributed by atoms with van der Waals surface area (Å²) in [7, 11) is 0. The molecule has 62 heavy (non-hydrogen) atoms. The maximum atomic E-state index is 14.4. The van der Waals surface area contributed by atoms with Crippen molar-refractivity contribution in [3.63, 3.8) is 0 Å². The van der Waals surface area contributed by atoms with Crippen LogP contribution in [0.3, 0.4) is 0 Å². The number of hydrazine groups is 1. The van der Waals surface area contributed by atoms with Crippen LogP contribution in [-0.2, 0) is 14.4 Å². The molecule has 3 N–H and O–H groups in total. The minimum absolute atomic E-state index is 0.103. The lowest BCUT2D eigenvalue weighted by Crippen LogP contribution is -2.37. The van der Waals surface area contributed by atoms with E-state index in [1.165, 1.54) is 68.5 Å². The zero-order valence-electron chi connectivity index (χ0n) is 35.5. The fourth-order valence-corrected chi connectivity index (χ4v) is 9.39. The molecule has 1 aliphatic heterocycles. The molecule has 0 saturated carbocycles. The predicted molar refractivity (Wildman–Crippen MR) is 261 cm³/mol. The van der Waals surface area contributed by atoms with Gasteiger partial charge in [-0.2, -0.15) is 0 Å². The summed E-state index contributed by atoms with van der Waals surface area (Å²) >= 11 is 33.8. The van der Waals surface area contributed by atoms with Gasteiger partial charge in [0.2, 0.25) is 5.91 Å². The monoisotopic (exact) mass is 959 g/mol. The Hall–Kier alpha value is -3.64. The Labute approximate surface area is 395 Å². The second kappa shape index (κ2) is 24.4. The lowest BCUT2D eigenvalue weighted by molar-refractivity contribution is -0.124. The van der Waals surface area contributed by atoms with Gasteiger partial charge >= 0.3 is 0 Å². The van der Waals surface area contributed by atoms with E-state index >= 15 is 0 Å². The first kappa shape index (κ1) is 49.4. The van der Waals surface area contributed by atoms with E-state index in [0.29, 0.717) is 49.2 Å². The number of hydrogen-bond acceptors (Lipinski definition) is 6. The van der Waals surface area contributed by atoms with Crippen molar-refractivity contribution in [2.75, 3.05) is 15.6 Å². The second-order valence-corrected chi connectivity index (χ2v) is 18.9. The standard InChI is InChI=1S/C47H54Cl5N5O4S/c1-5-6-7-8-9-10-11-12-13-14-15-20-41(58)53-32-22-23-33(49)38(28-32)54-45-44(47(60)57(56-45)42-35(51)26-31(48)27-36(42)52)62-40-19-17-16-18-37(40)55-46(59)43(29(2)3)61-39-24-21-30(4)25-34(39)50/h16-19,21-29,43-44H,5-15,20H2,1-4H3,(H,53,58)(H,54,56)(H,55,59). The van der Waals surface area contributed by atoms with Crippen molar-refractivity contribution in [3.8, 4) is 5.75 Å². The Balaban J connectivity index is 1.33. The van der Waals surface area contributed by atoms with Gasteiger partial charge in [-0.05, 0) is 79.4 Å². The van der Waals surface area contributed by atoms with Crippen LogP contribution in [0, 0.1) is 12.8 Å². The summed E-state index contributed by atoms with van der Waals surface area (Å²) in [6.45, 7) is 7.92. The van der Waals surface area contributed by atoms with Crippen LogP contribution < -0.4 is 25.8 Å². The number of nitrogens with zero attached hydrogens (tertiary/aromatic N) is 2. The summed E-state index contributed by atoms with van der Waals surface area (Å²) in [5.74, 6) is -0.580. The molecule has 1 aliphatic rings. The molecule has 3 amide bonds. The molecule has 0 aliphatic carbocycles. The highest BCUT2D eigenvalue weighted by molar-refractivity contribution is 8.01. The van der Waals surface area contributed by atoms with Crippen LogP contribution in [0.5, 0.6) is 5.75 Å². The topological polar surface area (TPSA) is 112 Å². The van der Waals surface area contributed by atoms with Gasteiger partial charge in [0.1, 0.15) is 22.5 Å². The molecule has 4 aromatic rings. The Bertz CT molecular complexity index is 2200. The third kappa shape index (κ3) is 14.2. The molecule has 1 heterocycles. The Morgan fingerprint density at radius 2 is 1.44 bits per heavy atom. The number of hydrogen-bond donors (Lipinski definition) is 3. The first-order valence-corrected chi connectivity index (χ1v) is 23.9. The van der Waals surface area contributed by atoms with Gasteiger partial charge in [0.15, 0.2) is 6.10 Å². The molecule has 2 unspecified atom stereocenters. The molecule has 15 heteroatoms. The van der Waals surface area contributed by atoms with Crippen molar-refractivity contribution in [2.24, 2.45) is 10.9 Å². The molecular weight excluding hydrogens is 908 g/mol. The number of unbranched alkanes of at least 4 members (excludes halogenated alkanes) is 10. The number of aliphatic imine (C=N–C) groups is 1. The highest BCUT2D eigenvalue weighted by Gasteiger charge is 2.41. The molecule has 4 aromatic carbocycles. The number of ether oxygens (including phenoxy) is 1. The molecule has 0 spiro atoms. The molecule has 332 valence electrons. The van der Waals surface area contributed by atoms with E-state index in [2.05, 4.69) is 23.0 Å². The van der Waals surface area contributed by atoms with E-state index < -0.39 is 23.2 Å². The van der Waals surface area contributed by atoms with E-state index in [0.717, 1.165) is 36.6 Å². The average molecular weight is 962 g/mol. The number of para-hydroxylation sites is 1. The number of rotatable bonds is 22. The van der Waals surface area contributed by atoms with Crippen LogP contribution in [0.25, 0.3) is 0 Å². The number of nitrogens with one attached hydrogen (secondary N) is 3. The molecule has 1 fully saturated rings. The molecule has 0 bridgehead atoms. The fraction of sp³-hybridized carbons (Fsp3) is 0.404. The Kier molecular flexibility index (Phi) is 19.5. The van der Waals surface area contributed by atoms with Crippen LogP contribution in [0.15, 0.2) is 82.7 Å². The summed E-state index contributed by atoms with van der Waals surface area (Å²) in [6, 6.07) is 20.5. The lowest BCUT2D eigenvalue weighted by atomic mass is 10.1. The van der Waals surface area contributed by atoms with Gasteiger partial charge in [-0.25, -0.2) is 10.0 Å². The van der Waals surface area contributed by atoms with Crippen molar-refractivity contribution in [1.82, 2.24) is 5.43 Å². The number of carbonyl (C=O) groups is 3. The molecular formula is C47H54Cl5N5O4S. The second-order valence-electron chi connectivity index (χ2n) is 15.7. The third-order valence-electron chi connectivity index (χ3n) is 10.2. The maximum absolute atomic E-state index is 14.4. The summed E-state index contributed by atoms with van der Waals surface area (Å²) < 4.78 is 6.15. The van der Waals surface area contributed by atoms with Crippen molar-refractivity contribution in [3.05, 3.63) is 103 Å². The van der Waals surface area contributed by atoms with Crippen LogP contribution in [0.2, 0.25) is 25.1 Å². The summed E-state index contributed by atoms with van der Waals surface area (Å²) in [6.07, 6.45) is 12.7. The number of benzene rings is 4. The average Bonchev–Trinajstić information content (AvgIpc) is 3.50. The van der Waals surface area contributed by atoms with Gasteiger partial charge in [-0.1, -0.05) is 161 Å². The van der Waals surface area contributed by atoms with Crippen LogP contribution in [0.4, 0.5) is 22.7 Å². The lowest BCUT2D eigenvalue weighted by Gasteiger charge is -2.23. The van der Waals surface area contributed by atoms with Gasteiger partial charge in [-0.15, -0.1) is 11.8 Å². The van der Waals surface area contributed by atoms with Crippen molar-refractivity contribution < 1.29 is 19.1 Å². The number of halogens is 5. The quantitative estimate of drug-likeness (QED) is 0.0677. The van der Waals surface area contributed by atoms with Crippen LogP contribution in [-0.4, -0.2) is 34.9 Å². The van der Waals surface area contributed by atoms with Gasteiger partial charge < -0.3 is 15.4 Å². The van der Waals surface area contributed by atoms with Gasteiger partial charge in [0.05, 0.1) is 31.5 Å². The number of amidine groups is 1. The molecule has 2 atom stereocenters. The van der Waals surface area contributed by atoms with Crippen molar-refractivity contribution in [2.45, 2.75) is 121 Å². The Morgan fingerprint density at radius 1 is 0.790 bits per heavy atom. The first-order chi connectivity index (χ1) is 29.7. The molecule has 9 nitrogen and oxygen atoms in total. The summed E-state index contributed by atoms with van der Waals surface area (Å²) in [4.78, 5) is 46.7. The first-order valence-electron chi connectivity index (χ1n) is 21.2. The maximum Gasteiger partial charge on any atom is 0.267 e. The van der Waals surface area contributed by atoms with Crippen LogP contribution in [0.1, 0.15) is 103 Å². The highest BCUT2D eigenvalue weighted by atomic mass is 35.5. The van der Waals surface area contributed by atoms with E-state index in [9.17, 15) is 14.4 Å². The molecule has 0 aromatic heterocycles. The van der Waals surface area contributed by atoms with Gasteiger partial charge in [-0.3, -0.25) is 19.8 Å². The molecule has 0 radical (unpaired) electrons. The highest BCUT2D eigenvalue weighted by Crippen LogP contribution is 2.42. The smallest absolute Gasteiger partial charge is 0.267 e. The normalized spacial score (nSPS) is 14.9. The van der Waals surface area contributed by atoms with E-state index in [-0.39, 0.29) is 33.4 Å². The van der Waals surface area contributed by atoms with Gasteiger partial charge in [0, 0.05) is 22.0 Å². The van der Waals surface area contributed by atoms with Gasteiger partial charge in [0.25, 0.3) is 11.8 Å². The van der Waals surface area contributed by atoms with Crippen LogP contribution >= 0.6 is 69.8 Å². The summed E-state index contributed by atoms with van der Waals surface area (Å²) in [5, 5.41) is 7.45. The molecule has 5 rings (SSSR count). The zero-order valence-corrected chi connectivity index (χ0v) is 40.1. The number of amides is 3. The third-order valence-corrected chi connectivity index (χ3v) is 12.9. The van der Waals surface area contributed by atoms with E-state index in [4.69, 9.17) is 67.7 Å². The van der Waals surface area contributed by atoms with Crippen molar-refractivity contribution >= 4 is 116 Å². The number of thioether (sulfide) groups is 1. The largest absolute Gasteiger partial charge is 0.479 e. The molecule has 1 saturated heterocycles. The Morgan fingerprint density at radius 3 is 2.08 bits per heavy atom. The fourth-order valence-electron chi connectivity index (χ4n) is 6.88. The zero-order chi connectivity index (χ0) is 44.8. The number of anilines is 3. The predicted octanol–water partition coefficient (Wildman–Crippen LogP) is 14.7.